The summed E-state index contributed by atoms with van der Waals surface area (Å²) in [5.41, 5.74) is 7.83. The number of benzene rings is 1. The largest absolute Gasteiger partial charge is 0.366 e. The maximum Gasteiger partial charge on any atom is 0.248 e. The minimum Gasteiger partial charge on any atom is -0.366 e. The molecular weight excluding hydrogens is 324 g/mol. The van der Waals surface area contributed by atoms with E-state index < -0.39 is 5.91 Å². The van der Waals surface area contributed by atoms with Gasteiger partial charge in [0.1, 0.15) is 0 Å². The van der Waals surface area contributed by atoms with Crippen molar-refractivity contribution in [2.24, 2.45) is 5.73 Å². The molecule has 3 rings (SSSR count). The molecule has 2 amide bonds. The van der Waals surface area contributed by atoms with Gasteiger partial charge in [0.05, 0.1) is 11.4 Å². The number of amides is 2. The van der Waals surface area contributed by atoms with Crippen LogP contribution in [-0.2, 0) is 4.79 Å². The van der Waals surface area contributed by atoms with Crippen LogP contribution < -0.4 is 11.1 Å². The van der Waals surface area contributed by atoms with Gasteiger partial charge >= 0.3 is 0 Å². The highest BCUT2D eigenvalue weighted by molar-refractivity contribution is 7.17. The zero-order valence-electron chi connectivity index (χ0n) is 13.2. The first-order valence-electron chi connectivity index (χ1n) is 7.28. The third-order valence-electron chi connectivity index (χ3n) is 3.47. The lowest BCUT2D eigenvalue weighted by Crippen LogP contribution is -2.12. The van der Waals surface area contributed by atoms with Crippen LogP contribution in [-0.4, -0.2) is 21.2 Å². The fraction of sp³-hybridized carbons (Fsp3) is 0.118. The number of nitrogens with one attached hydrogen (secondary N) is 1. The van der Waals surface area contributed by atoms with Gasteiger partial charge in [-0.15, -0.1) is 11.3 Å². The van der Waals surface area contributed by atoms with Crippen molar-refractivity contribution in [1.82, 2.24) is 9.38 Å². The lowest BCUT2D eigenvalue weighted by atomic mass is 10.2. The van der Waals surface area contributed by atoms with Crippen molar-refractivity contribution in [3.05, 3.63) is 58.4 Å². The van der Waals surface area contributed by atoms with Crippen molar-refractivity contribution in [2.45, 2.75) is 13.8 Å². The van der Waals surface area contributed by atoms with E-state index in [2.05, 4.69) is 10.3 Å². The van der Waals surface area contributed by atoms with Crippen LogP contribution in [0.5, 0.6) is 0 Å². The second-order valence-electron chi connectivity index (χ2n) is 5.34. The Morgan fingerprint density at radius 1 is 1.33 bits per heavy atom. The predicted octanol–water partition coefficient (Wildman–Crippen LogP) is 2.76. The van der Waals surface area contributed by atoms with Crippen LogP contribution in [0.2, 0.25) is 0 Å². The predicted molar refractivity (Wildman–Crippen MR) is 95.2 cm³/mol. The SMILES string of the molecule is Cc1cn2c(/C=C/C(=O)Nc3cccc(C(N)=O)c3)c(C)nc2s1. The quantitative estimate of drug-likeness (QED) is 0.716. The number of hydrogen-bond donors (Lipinski definition) is 2. The summed E-state index contributed by atoms with van der Waals surface area (Å²) in [5, 5.41) is 2.71. The molecule has 6 nitrogen and oxygen atoms in total. The van der Waals surface area contributed by atoms with E-state index in [1.165, 1.54) is 6.08 Å². The van der Waals surface area contributed by atoms with Gasteiger partial charge in [0.25, 0.3) is 0 Å². The highest BCUT2D eigenvalue weighted by Crippen LogP contribution is 2.21. The molecule has 0 saturated heterocycles. The number of fused-ring (bicyclic) bond motifs is 1. The summed E-state index contributed by atoms with van der Waals surface area (Å²) in [6.45, 7) is 3.92. The highest BCUT2D eigenvalue weighted by atomic mass is 32.1. The highest BCUT2D eigenvalue weighted by Gasteiger charge is 2.09. The first kappa shape index (κ1) is 15.9. The van der Waals surface area contributed by atoms with Crippen molar-refractivity contribution < 1.29 is 9.59 Å². The first-order chi connectivity index (χ1) is 11.4. The number of carbonyl (C=O) groups excluding carboxylic acids is 2. The van der Waals surface area contributed by atoms with E-state index in [1.807, 2.05) is 24.4 Å². The topological polar surface area (TPSA) is 89.5 Å². The molecule has 0 atom stereocenters. The van der Waals surface area contributed by atoms with Gasteiger partial charge in [-0.05, 0) is 38.1 Å². The summed E-state index contributed by atoms with van der Waals surface area (Å²) in [7, 11) is 0. The molecule has 0 bridgehead atoms. The minimum atomic E-state index is -0.535. The summed E-state index contributed by atoms with van der Waals surface area (Å²) in [4.78, 5) is 29.8. The summed E-state index contributed by atoms with van der Waals surface area (Å²) in [6.07, 6.45) is 5.17. The van der Waals surface area contributed by atoms with E-state index in [9.17, 15) is 9.59 Å². The molecule has 3 aromatic rings. The van der Waals surface area contributed by atoms with Gasteiger partial charge in [-0.2, -0.15) is 0 Å². The van der Waals surface area contributed by atoms with Crippen LogP contribution in [0.15, 0.2) is 36.5 Å². The van der Waals surface area contributed by atoms with E-state index in [4.69, 9.17) is 5.73 Å². The molecule has 0 aliphatic carbocycles. The fourth-order valence-electron chi connectivity index (χ4n) is 2.37. The van der Waals surface area contributed by atoms with E-state index in [0.29, 0.717) is 11.3 Å². The summed E-state index contributed by atoms with van der Waals surface area (Å²) < 4.78 is 1.97. The molecule has 1 aromatic carbocycles. The fourth-order valence-corrected chi connectivity index (χ4v) is 3.25. The molecule has 7 heteroatoms. The van der Waals surface area contributed by atoms with Crippen LogP contribution in [0.1, 0.15) is 26.6 Å². The lowest BCUT2D eigenvalue weighted by Gasteiger charge is -2.03. The van der Waals surface area contributed by atoms with E-state index in [0.717, 1.165) is 21.2 Å². The van der Waals surface area contributed by atoms with E-state index >= 15 is 0 Å². The molecule has 0 unspecified atom stereocenters. The Balaban J connectivity index is 1.78. The van der Waals surface area contributed by atoms with Gasteiger partial charge in [0.2, 0.25) is 11.8 Å². The molecule has 0 radical (unpaired) electrons. The molecule has 0 spiro atoms. The van der Waals surface area contributed by atoms with Crippen LogP contribution in [0, 0.1) is 13.8 Å². The number of carbonyl (C=O) groups is 2. The van der Waals surface area contributed by atoms with Crippen molar-refractivity contribution in [3.8, 4) is 0 Å². The van der Waals surface area contributed by atoms with Gasteiger partial charge in [-0.1, -0.05) is 6.07 Å². The van der Waals surface area contributed by atoms with Gasteiger partial charge in [0, 0.05) is 28.4 Å². The molecular formula is C17H16N4O2S. The molecule has 2 heterocycles. The number of aromatic nitrogens is 2. The normalized spacial score (nSPS) is 11.2. The first-order valence-corrected chi connectivity index (χ1v) is 8.10. The second kappa shape index (κ2) is 6.29. The third-order valence-corrected chi connectivity index (χ3v) is 4.37. The zero-order chi connectivity index (χ0) is 17.3. The molecule has 0 saturated carbocycles. The van der Waals surface area contributed by atoms with Crippen LogP contribution in [0.3, 0.4) is 0 Å². The van der Waals surface area contributed by atoms with Crippen molar-refractivity contribution in [1.29, 1.82) is 0 Å². The van der Waals surface area contributed by atoms with Crippen molar-refractivity contribution in [2.75, 3.05) is 5.32 Å². The molecule has 24 heavy (non-hydrogen) atoms. The Kier molecular flexibility index (Phi) is 4.18. The number of nitrogens with two attached hydrogens (primary N) is 1. The standard InChI is InChI=1S/C17H16N4O2S/c1-10-9-21-14(11(2)19-17(21)24-10)6-7-15(22)20-13-5-3-4-12(8-13)16(18)23/h3-9H,1-2H3,(H2,18,23)(H,20,22)/b7-6+. The van der Waals surface area contributed by atoms with Gasteiger partial charge < -0.3 is 11.1 Å². The summed E-state index contributed by atoms with van der Waals surface area (Å²) in [6, 6.07) is 6.50. The average Bonchev–Trinajstić information content (AvgIpc) is 3.00. The number of aryl methyl sites for hydroxylation is 2. The van der Waals surface area contributed by atoms with Gasteiger partial charge in [-0.3, -0.25) is 14.0 Å². The minimum absolute atomic E-state index is 0.294. The molecule has 0 aliphatic heterocycles. The zero-order valence-corrected chi connectivity index (χ0v) is 14.1. The third kappa shape index (κ3) is 3.21. The maximum absolute atomic E-state index is 12.1. The van der Waals surface area contributed by atoms with E-state index in [-0.39, 0.29) is 5.91 Å². The maximum atomic E-state index is 12.1. The van der Waals surface area contributed by atoms with Crippen LogP contribution >= 0.6 is 11.3 Å². The molecule has 3 N–H and O–H groups in total. The second-order valence-corrected chi connectivity index (χ2v) is 6.56. The van der Waals surface area contributed by atoms with Crippen molar-refractivity contribution >= 4 is 39.9 Å². The number of rotatable bonds is 4. The number of thiazole rings is 1. The Morgan fingerprint density at radius 2 is 2.12 bits per heavy atom. The van der Waals surface area contributed by atoms with E-state index in [1.54, 1.807) is 41.7 Å². The monoisotopic (exact) mass is 340 g/mol. The number of hydrogen-bond acceptors (Lipinski definition) is 4. The lowest BCUT2D eigenvalue weighted by molar-refractivity contribution is -0.111. The Bertz CT molecular complexity index is 968. The van der Waals surface area contributed by atoms with Crippen LogP contribution in [0.25, 0.3) is 11.0 Å². The molecule has 0 fully saturated rings. The molecule has 122 valence electrons. The summed E-state index contributed by atoms with van der Waals surface area (Å²) >= 11 is 1.60. The number of nitrogens with zero attached hydrogens (tertiary/aromatic N) is 2. The molecule has 2 aromatic heterocycles. The average molecular weight is 340 g/mol. The Hall–Kier alpha value is -2.93. The molecule has 0 aliphatic rings. The van der Waals surface area contributed by atoms with Gasteiger partial charge in [-0.25, -0.2) is 4.98 Å². The summed E-state index contributed by atoms with van der Waals surface area (Å²) in [5.74, 6) is -0.829. The number of anilines is 1. The van der Waals surface area contributed by atoms with Crippen molar-refractivity contribution in [3.63, 3.8) is 0 Å². The number of imidazole rings is 1. The van der Waals surface area contributed by atoms with Gasteiger partial charge in [0.15, 0.2) is 4.96 Å². The Labute approximate surface area is 142 Å². The Morgan fingerprint density at radius 3 is 2.88 bits per heavy atom. The smallest absolute Gasteiger partial charge is 0.248 e. The van der Waals surface area contributed by atoms with Crippen LogP contribution in [0.4, 0.5) is 5.69 Å². The number of primary amides is 1.